The SMILES string of the molecule is CC(C(=O)O)n1nnnc1-c1ncccc1Br. The Morgan fingerprint density at radius 1 is 1.59 bits per heavy atom. The van der Waals surface area contributed by atoms with E-state index in [1.165, 1.54) is 11.6 Å². The van der Waals surface area contributed by atoms with Crippen LogP contribution in [0.15, 0.2) is 22.8 Å². The monoisotopic (exact) mass is 297 g/mol. The van der Waals surface area contributed by atoms with Gasteiger partial charge in [0, 0.05) is 10.7 Å². The van der Waals surface area contributed by atoms with Gasteiger partial charge in [0.05, 0.1) is 0 Å². The molecular formula is C9H8BrN5O2. The van der Waals surface area contributed by atoms with Crippen LogP contribution in [0.3, 0.4) is 0 Å². The zero-order chi connectivity index (χ0) is 12.4. The van der Waals surface area contributed by atoms with Gasteiger partial charge in [-0.3, -0.25) is 4.98 Å². The minimum atomic E-state index is -1.01. The Kier molecular flexibility index (Phi) is 3.14. The van der Waals surface area contributed by atoms with Crippen LogP contribution in [-0.2, 0) is 4.79 Å². The molecule has 0 bridgehead atoms. The van der Waals surface area contributed by atoms with Gasteiger partial charge in [-0.1, -0.05) is 0 Å². The topological polar surface area (TPSA) is 93.8 Å². The maximum Gasteiger partial charge on any atom is 0.328 e. The molecule has 2 rings (SSSR count). The number of carbonyl (C=O) groups is 1. The van der Waals surface area contributed by atoms with Crippen LogP contribution in [0.5, 0.6) is 0 Å². The Morgan fingerprint density at radius 3 is 3.00 bits per heavy atom. The zero-order valence-electron chi connectivity index (χ0n) is 8.78. The summed E-state index contributed by atoms with van der Waals surface area (Å²) in [6, 6.07) is 2.68. The molecule has 7 nitrogen and oxygen atoms in total. The van der Waals surface area contributed by atoms with Gasteiger partial charge >= 0.3 is 5.97 Å². The molecule has 0 aliphatic rings. The highest BCUT2D eigenvalue weighted by Crippen LogP contribution is 2.24. The summed E-state index contributed by atoms with van der Waals surface area (Å²) in [5.41, 5.74) is 0.505. The summed E-state index contributed by atoms with van der Waals surface area (Å²) in [5, 5.41) is 19.9. The first-order valence-corrected chi connectivity index (χ1v) is 5.52. The molecule has 2 heterocycles. The minimum absolute atomic E-state index is 0.312. The molecule has 2 aromatic heterocycles. The van der Waals surface area contributed by atoms with Crippen molar-refractivity contribution in [1.82, 2.24) is 25.2 Å². The normalized spacial score (nSPS) is 12.4. The van der Waals surface area contributed by atoms with E-state index >= 15 is 0 Å². The molecule has 1 N–H and O–H groups in total. The lowest BCUT2D eigenvalue weighted by molar-refractivity contribution is -0.140. The molecule has 8 heteroatoms. The van der Waals surface area contributed by atoms with Crippen molar-refractivity contribution >= 4 is 21.9 Å². The van der Waals surface area contributed by atoms with Gasteiger partial charge in [0.2, 0.25) is 5.82 Å². The average Bonchev–Trinajstić information content (AvgIpc) is 2.77. The van der Waals surface area contributed by atoms with Crippen LogP contribution in [0.25, 0.3) is 11.5 Å². The van der Waals surface area contributed by atoms with Crippen molar-refractivity contribution in [2.75, 3.05) is 0 Å². The Bertz CT molecular complexity index is 556. The van der Waals surface area contributed by atoms with E-state index < -0.39 is 12.0 Å². The van der Waals surface area contributed by atoms with Crippen molar-refractivity contribution in [3.8, 4) is 11.5 Å². The fourth-order valence-corrected chi connectivity index (χ4v) is 1.70. The smallest absolute Gasteiger partial charge is 0.328 e. The van der Waals surface area contributed by atoms with Gasteiger partial charge in [-0.05, 0) is 45.4 Å². The number of tetrazole rings is 1. The van der Waals surface area contributed by atoms with Crippen LogP contribution in [0, 0.1) is 0 Å². The number of rotatable bonds is 3. The number of halogens is 1. The molecule has 0 fully saturated rings. The summed E-state index contributed by atoms with van der Waals surface area (Å²) in [4.78, 5) is 15.0. The molecular weight excluding hydrogens is 290 g/mol. The zero-order valence-corrected chi connectivity index (χ0v) is 10.4. The second kappa shape index (κ2) is 4.58. The van der Waals surface area contributed by atoms with Gasteiger partial charge in [0.15, 0.2) is 6.04 Å². The maximum atomic E-state index is 10.9. The average molecular weight is 298 g/mol. The quantitative estimate of drug-likeness (QED) is 0.913. The van der Waals surface area contributed by atoms with Crippen LogP contribution in [0.1, 0.15) is 13.0 Å². The van der Waals surface area contributed by atoms with E-state index in [4.69, 9.17) is 5.11 Å². The lowest BCUT2D eigenvalue weighted by Crippen LogP contribution is -2.18. The highest BCUT2D eigenvalue weighted by atomic mass is 79.9. The number of aliphatic carboxylic acids is 1. The third-order valence-electron chi connectivity index (χ3n) is 2.19. The molecule has 0 saturated carbocycles. The van der Waals surface area contributed by atoms with E-state index in [0.717, 1.165) is 0 Å². The Hall–Kier alpha value is -1.83. The van der Waals surface area contributed by atoms with Gasteiger partial charge in [0.1, 0.15) is 5.69 Å². The molecule has 1 unspecified atom stereocenters. The molecule has 0 aromatic carbocycles. The summed E-state index contributed by atoms with van der Waals surface area (Å²) in [6.07, 6.45) is 1.59. The van der Waals surface area contributed by atoms with E-state index in [-0.39, 0.29) is 0 Å². The first-order chi connectivity index (χ1) is 8.11. The van der Waals surface area contributed by atoms with Crippen molar-refractivity contribution in [2.45, 2.75) is 13.0 Å². The molecule has 88 valence electrons. The van der Waals surface area contributed by atoms with Crippen LogP contribution < -0.4 is 0 Å². The van der Waals surface area contributed by atoms with Crippen LogP contribution in [0.4, 0.5) is 0 Å². The number of hydrogen-bond donors (Lipinski definition) is 1. The molecule has 1 atom stereocenters. The highest BCUT2D eigenvalue weighted by Gasteiger charge is 2.21. The number of aromatic nitrogens is 5. The Morgan fingerprint density at radius 2 is 2.35 bits per heavy atom. The third kappa shape index (κ3) is 2.16. The fourth-order valence-electron chi connectivity index (χ4n) is 1.27. The van der Waals surface area contributed by atoms with Crippen molar-refractivity contribution in [2.24, 2.45) is 0 Å². The predicted octanol–water partition coefficient (Wildman–Crippen LogP) is 1.14. The molecule has 0 radical (unpaired) electrons. The Balaban J connectivity index is 2.51. The number of nitrogens with zero attached hydrogens (tertiary/aromatic N) is 5. The molecule has 0 amide bonds. The van der Waals surface area contributed by atoms with Crippen molar-refractivity contribution in [3.05, 3.63) is 22.8 Å². The van der Waals surface area contributed by atoms with E-state index in [9.17, 15) is 4.79 Å². The first-order valence-electron chi connectivity index (χ1n) is 4.73. The number of carboxylic acid groups (broad SMARTS) is 1. The van der Waals surface area contributed by atoms with Gasteiger partial charge in [-0.25, -0.2) is 9.48 Å². The molecule has 17 heavy (non-hydrogen) atoms. The van der Waals surface area contributed by atoms with Crippen molar-refractivity contribution in [1.29, 1.82) is 0 Å². The molecule has 0 aliphatic carbocycles. The van der Waals surface area contributed by atoms with Gasteiger partial charge < -0.3 is 5.11 Å². The van der Waals surface area contributed by atoms with E-state index in [2.05, 4.69) is 36.4 Å². The maximum absolute atomic E-state index is 10.9. The third-order valence-corrected chi connectivity index (χ3v) is 2.83. The Labute approximate surface area is 105 Å². The van der Waals surface area contributed by atoms with Gasteiger partial charge in [0.25, 0.3) is 0 Å². The molecule has 0 saturated heterocycles. The second-order valence-electron chi connectivity index (χ2n) is 3.30. The lowest BCUT2D eigenvalue weighted by Gasteiger charge is -2.08. The van der Waals surface area contributed by atoms with Crippen molar-refractivity contribution < 1.29 is 9.90 Å². The van der Waals surface area contributed by atoms with Gasteiger partial charge in [-0.15, -0.1) is 5.10 Å². The first kappa shape index (κ1) is 11.6. The summed E-state index contributed by atoms with van der Waals surface area (Å²) >= 11 is 3.32. The van der Waals surface area contributed by atoms with Crippen LogP contribution in [-0.4, -0.2) is 36.3 Å². The predicted molar refractivity (Wildman–Crippen MR) is 61.1 cm³/mol. The summed E-state index contributed by atoms with van der Waals surface area (Å²) < 4.78 is 1.92. The highest BCUT2D eigenvalue weighted by molar-refractivity contribution is 9.10. The molecule has 0 aliphatic heterocycles. The van der Waals surface area contributed by atoms with E-state index in [1.54, 1.807) is 18.3 Å². The number of hydrogen-bond acceptors (Lipinski definition) is 5. The van der Waals surface area contributed by atoms with Crippen molar-refractivity contribution in [3.63, 3.8) is 0 Å². The summed E-state index contributed by atoms with van der Waals surface area (Å²) in [6.45, 7) is 1.50. The second-order valence-corrected chi connectivity index (χ2v) is 4.15. The molecule has 0 spiro atoms. The summed E-state index contributed by atoms with van der Waals surface area (Å²) in [7, 11) is 0. The van der Waals surface area contributed by atoms with E-state index in [1.807, 2.05) is 0 Å². The number of carboxylic acids is 1. The fraction of sp³-hybridized carbons (Fsp3) is 0.222. The summed E-state index contributed by atoms with van der Waals surface area (Å²) in [5.74, 6) is -0.696. The lowest BCUT2D eigenvalue weighted by atomic mass is 10.3. The largest absolute Gasteiger partial charge is 0.480 e. The van der Waals surface area contributed by atoms with Crippen LogP contribution >= 0.6 is 15.9 Å². The molecule has 2 aromatic rings. The van der Waals surface area contributed by atoms with Gasteiger partial charge in [-0.2, -0.15) is 0 Å². The minimum Gasteiger partial charge on any atom is -0.480 e. The van der Waals surface area contributed by atoms with Crippen LogP contribution in [0.2, 0.25) is 0 Å². The number of pyridine rings is 1. The van der Waals surface area contributed by atoms with E-state index in [0.29, 0.717) is 16.0 Å². The standard InChI is InChI=1S/C9H8BrN5O2/c1-5(9(16)17)15-8(12-13-14-15)7-6(10)3-2-4-11-7/h2-5H,1H3,(H,16,17).